The molecule has 0 atom stereocenters. The number of hydrogen-bond donors (Lipinski definition) is 0. The molecule has 72 valence electrons. The van der Waals surface area contributed by atoms with Gasteiger partial charge >= 0.3 is 0 Å². The van der Waals surface area contributed by atoms with Crippen LogP contribution in [-0.2, 0) is 4.84 Å². The number of rotatable bonds is 2. The summed E-state index contributed by atoms with van der Waals surface area (Å²) in [5.74, 6) is 0. The summed E-state index contributed by atoms with van der Waals surface area (Å²) in [4.78, 5) is 4.58. The molecule has 14 heavy (non-hydrogen) atoms. The predicted octanol–water partition coefficient (Wildman–Crippen LogP) is 2.63. The lowest BCUT2D eigenvalue weighted by molar-refractivity contribution is 0.214. The van der Waals surface area contributed by atoms with Gasteiger partial charge < -0.3 is 4.84 Å². The topological polar surface area (TPSA) is 45.4 Å². The van der Waals surface area contributed by atoms with Crippen LogP contribution in [0.3, 0.4) is 0 Å². The highest BCUT2D eigenvalue weighted by molar-refractivity contribution is 9.10. The van der Waals surface area contributed by atoms with Gasteiger partial charge in [0.2, 0.25) is 0 Å². The third kappa shape index (κ3) is 2.33. The maximum atomic E-state index is 8.82. The first-order chi connectivity index (χ1) is 6.69. The van der Waals surface area contributed by atoms with Gasteiger partial charge in [0.05, 0.1) is 0 Å². The second-order valence-electron chi connectivity index (χ2n) is 2.72. The second-order valence-corrected chi connectivity index (χ2v) is 3.57. The summed E-state index contributed by atoms with van der Waals surface area (Å²) in [6.45, 7) is 1.98. The van der Waals surface area contributed by atoms with Crippen LogP contribution in [-0.4, -0.2) is 12.8 Å². The molecule has 4 heteroatoms. The van der Waals surface area contributed by atoms with Gasteiger partial charge in [0.1, 0.15) is 13.2 Å². The minimum Gasteiger partial charge on any atom is -0.398 e. The van der Waals surface area contributed by atoms with Crippen molar-refractivity contribution in [2.24, 2.45) is 5.16 Å². The van der Waals surface area contributed by atoms with Crippen LogP contribution in [0.15, 0.2) is 27.8 Å². The number of aryl methyl sites for hydroxylation is 1. The SMILES string of the molecule is CO/N=C(\C#N)c1ccc(C)cc1Br. The van der Waals surface area contributed by atoms with Crippen molar-refractivity contribution in [3.8, 4) is 6.07 Å². The number of benzene rings is 1. The lowest BCUT2D eigenvalue weighted by Gasteiger charge is -2.01. The smallest absolute Gasteiger partial charge is 0.188 e. The molecule has 0 aliphatic rings. The first-order valence-electron chi connectivity index (χ1n) is 3.97. The monoisotopic (exact) mass is 252 g/mol. The molecule has 0 aliphatic carbocycles. The zero-order valence-electron chi connectivity index (χ0n) is 7.91. The number of nitriles is 1. The zero-order chi connectivity index (χ0) is 10.6. The van der Waals surface area contributed by atoms with Crippen molar-refractivity contribution >= 4 is 21.6 Å². The largest absolute Gasteiger partial charge is 0.398 e. The van der Waals surface area contributed by atoms with Crippen LogP contribution >= 0.6 is 15.9 Å². The minimum atomic E-state index is 0.263. The van der Waals surface area contributed by atoms with Crippen molar-refractivity contribution in [2.45, 2.75) is 6.92 Å². The highest BCUT2D eigenvalue weighted by Crippen LogP contribution is 2.19. The molecule has 0 spiro atoms. The Morgan fingerprint density at radius 3 is 2.79 bits per heavy atom. The summed E-state index contributed by atoms with van der Waals surface area (Å²) in [5, 5.41) is 12.5. The van der Waals surface area contributed by atoms with E-state index in [1.807, 2.05) is 31.2 Å². The van der Waals surface area contributed by atoms with E-state index in [9.17, 15) is 0 Å². The average molecular weight is 253 g/mol. The fraction of sp³-hybridized carbons (Fsp3) is 0.200. The van der Waals surface area contributed by atoms with Gasteiger partial charge in [0.15, 0.2) is 5.71 Å². The van der Waals surface area contributed by atoms with Crippen LogP contribution in [0, 0.1) is 18.3 Å². The molecule has 0 heterocycles. The fourth-order valence-corrected chi connectivity index (χ4v) is 1.71. The molecule has 0 N–H and O–H groups in total. The number of hydrogen-bond acceptors (Lipinski definition) is 3. The van der Waals surface area contributed by atoms with E-state index in [4.69, 9.17) is 5.26 Å². The van der Waals surface area contributed by atoms with Gasteiger partial charge in [-0.25, -0.2) is 0 Å². The van der Waals surface area contributed by atoms with Gasteiger partial charge in [0.25, 0.3) is 0 Å². The summed E-state index contributed by atoms with van der Waals surface area (Å²) >= 11 is 3.37. The molecule has 0 fully saturated rings. The van der Waals surface area contributed by atoms with Crippen molar-refractivity contribution in [3.05, 3.63) is 33.8 Å². The standard InChI is InChI=1S/C10H9BrN2O/c1-7-3-4-8(9(11)5-7)10(6-12)13-14-2/h3-5H,1-2H3/b13-10+. The van der Waals surface area contributed by atoms with Crippen LogP contribution in [0.5, 0.6) is 0 Å². The summed E-state index contributed by atoms with van der Waals surface area (Å²) in [6.07, 6.45) is 0. The second kappa shape index (κ2) is 4.77. The van der Waals surface area contributed by atoms with Crippen LogP contribution in [0.2, 0.25) is 0 Å². The Labute approximate surface area is 91.1 Å². The van der Waals surface area contributed by atoms with Crippen LogP contribution < -0.4 is 0 Å². The first-order valence-corrected chi connectivity index (χ1v) is 4.76. The molecular weight excluding hydrogens is 244 g/mol. The van der Waals surface area contributed by atoms with Crippen LogP contribution in [0.1, 0.15) is 11.1 Å². The lowest BCUT2D eigenvalue weighted by Crippen LogP contribution is -1.99. The van der Waals surface area contributed by atoms with E-state index in [1.165, 1.54) is 7.11 Å². The highest BCUT2D eigenvalue weighted by atomic mass is 79.9. The normalized spacial score (nSPS) is 10.9. The van der Waals surface area contributed by atoms with E-state index in [0.717, 1.165) is 15.6 Å². The molecule has 0 unspecified atom stereocenters. The van der Waals surface area contributed by atoms with Crippen molar-refractivity contribution in [1.82, 2.24) is 0 Å². The number of nitrogens with zero attached hydrogens (tertiary/aromatic N) is 2. The fourth-order valence-electron chi connectivity index (χ4n) is 1.03. The van der Waals surface area contributed by atoms with E-state index in [2.05, 4.69) is 25.9 Å². The Hall–Kier alpha value is -1.34. The Balaban J connectivity index is 3.19. The van der Waals surface area contributed by atoms with Gasteiger partial charge in [0, 0.05) is 10.0 Å². The molecule has 1 aromatic carbocycles. The quantitative estimate of drug-likeness (QED) is 0.600. The molecule has 0 saturated heterocycles. The number of halogens is 1. The maximum absolute atomic E-state index is 8.82. The van der Waals surface area contributed by atoms with Crippen molar-refractivity contribution < 1.29 is 4.84 Å². The van der Waals surface area contributed by atoms with Crippen LogP contribution in [0.4, 0.5) is 0 Å². The maximum Gasteiger partial charge on any atom is 0.188 e. The highest BCUT2D eigenvalue weighted by Gasteiger charge is 2.07. The summed E-state index contributed by atoms with van der Waals surface area (Å²) in [6, 6.07) is 7.66. The molecule has 0 bridgehead atoms. The Bertz CT molecular complexity index is 407. The van der Waals surface area contributed by atoms with Crippen LogP contribution in [0.25, 0.3) is 0 Å². The molecule has 0 radical (unpaired) electrons. The van der Waals surface area contributed by atoms with E-state index >= 15 is 0 Å². The summed E-state index contributed by atoms with van der Waals surface area (Å²) in [7, 11) is 1.42. The summed E-state index contributed by atoms with van der Waals surface area (Å²) < 4.78 is 0.842. The van der Waals surface area contributed by atoms with Crippen molar-refractivity contribution in [1.29, 1.82) is 5.26 Å². The molecule has 0 amide bonds. The van der Waals surface area contributed by atoms with Gasteiger partial charge in [-0.05, 0) is 18.6 Å². The predicted molar refractivity (Wildman–Crippen MR) is 58.0 cm³/mol. The Morgan fingerprint density at radius 2 is 2.29 bits per heavy atom. The molecule has 1 rings (SSSR count). The summed E-state index contributed by atoms with van der Waals surface area (Å²) in [5.41, 5.74) is 2.12. The molecule has 3 nitrogen and oxygen atoms in total. The zero-order valence-corrected chi connectivity index (χ0v) is 9.50. The average Bonchev–Trinajstić information content (AvgIpc) is 2.15. The number of oxime groups is 1. The van der Waals surface area contributed by atoms with Gasteiger partial charge in [-0.1, -0.05) is 33.2 Å². The molecule has 0 aliphatic heterocycles. The lowest BCUT2D eigenvalue weighted by atomic mass is 10.1. The minimum absolute atomic E-state index is 0.263. The van der Waals surface area contributed by atoms with Gasteiger partial charge in [-0.3, -0.25) is 0 Å². The van der Waals surface area contributed by atoms with Gasteiger partial charge in [-0.2, -0.15) is 5.26 Å². The van der Waals surface area contributed by atoms with E-state index in [0.29, 0.717) is 0 Å². The van der Waals surface area contributed by atoms with Gasteiger partial charge in [-0.15, -0.1) is 0 Å². The third-order valence-electron chi connectivity index (χ3n) is 1.67. The van der Waals surface area contributed by atoms with E-state index in [1.54, 1.807) is 0 Å². The van der Waals surface area contributed by atoms with E-state index in [-0.39, 0.29) is 5.71 Å². The Kier molecular flexibility index (Phi) is 3.66. The molecule has 0 saturated carbocycles. The molecule has 0 aromatic heterocycles. The Morgan fingerprint density at radius 1 is 1.57 bits per heavy atom. The third-order valence-corrected chi connectivity index (χ3v) is 2.32. The van der Waals surface area contributed by atoms with Crippen molar-refractivity contribution in [2.75, 3.05) is 7.11 Å². The first kappa shape index (κ1) is 10.7. The molecular formula is C10H9BrN2O. The molecule has 1 aromatic rings. The van der Waals surface area contributed by atoms with Crippen molar-refractivity contribution in [3.63, 3.8) is 0 Å². The van der Waals surface area contributed by atoms with E-state index < -0.39 is 0 Å².